The average Bonchev–Trinajstić information content (AvgIpc) is 3.65. The number of rotatable bonds is 9. The average molecular weight is 612 g/mol. The molecule has 4 heterocycles. The molecule has 3 aliphatic rings. The predicted molar refractivity (Wildman–Crippen MR) is 183 cm³/mol. The van der Waals surface area contributed by atoms with Crippen molar-refractivity contribution in [1.82, 2.24) is 35.5 Å². The monoisotopic (exact) mass is 611 g/mol. The highest BCUT2D eigenvalue weighted by Crippen LogP contribution is 2.58. The van der Waals surface area contributed by atoms with Crippen molar-refractivity contribution in [1.29, 1.82) is 0 Å². The third kappa shape index (κ3) is 5.51. The Morgan fingerprint density at radius 3 is 2.28 bits per heavy atom. The highest BCUT2D eigenvalue weighted by atomic mass is 16.2. The molecule has 2 aromatic heterocycles. The number of aromatic nitrogens is 4. The molecule has 1 spiro atoms. The maximum atomic E-state index is 13.2. The van der Waals surface area contributed by atoms with Crippen LogP contribution < -0.4 is 10.6 Å². The van der Waals surface area contributed by atoms with E-state index >= 15 is 0 Å². The van der Waals surface area contributed by atoms with Gasteiger partial charge in [0.05, 0.1) is 42.4 Å². The molecule has 2 atom stereocenters. The molecule has 2 aliphatic heterocycles. The third-order valence-electron chi connectivity index (χ3n) is 10.3. The van der Waals surface area contributed by atoms with Crippen LogP contribution in [0.2, 0.25) is 0 Å². The van der Waals surface area contributed by atoms with Gasteiger partial charge in [0.15, 0.2) is 0 Å². The van der Waals surface area contributed by atoms with E-state index < -0.39 is 0 Å². The van der Waals surface area contributed by atoms with E-state index in [1.54, 1.807) is 0 Å². The predicted octanol–water partition coefficient (Wildman–Crippen LogP) is 7.28. The van der Waals surface area contributed by atoms with E-state index in [4.69, 9.17) is 4.98 Å². The van der Waals surface area contributed by atoms with Crippen molar-refractivity contribution in [3.05, 3.63) is 97.0 Å². The zero-order chi connectivity index (χ0) is 31.3. The number of allylic oxidation sites excluding steroid dienone is 1. The van der Waals surface area contributed by atoms with Gasteiger partial charge >= 0.3 is 0 Å². The van der Waals surface area contributed by atoms with E-state index in [9.17, 15) is 4.79 Å². The molecule has 5 aromatic rings. The van der Waals surface area contributed by atoms with Crippen LogP contribution in [0.25, 0.3) is 44.4 Å². The first-order valence-electron chi connectivity index (χ1n) is 16.7. The number of fused-ring (bicyclic) bond motifs is 1. The van der Waals surface area contributed by atoms with Crippen LogP contribution >= 0.6 is 0 Å². The fourth-order valence-electron chi connectivity index (χ4n) is 7.19. The number of aromatic amines is 2. The van der Waals surface area contributed by atoms with E-state index in [0.29, 0.717) is 6.04 Å². The Morgan fingerprint density at radius 2 is 1.57 bits per heavy atom. The Hall–Kier alpha value is -4.69. The minimum Gasteiger partial charge on any atom is -0.380 e. The van der Waals surface area contributed by atoms with Gasteiger partial charge in [-0.3, -0.25) is 4.79 Å². The van der Waals surface area contributed by atoms with Gasteiger partial charge < -0.3 is 25.5 Å². The molecule has 8 heteroatoms. The number of carbonyl (C=O) groups is 1. The number of imidazole rings is 2. The van der Waals surface area contributed by atoms with Crippen molar-refractivity contribution < 1.29 is 4.79 Å². The van der Waals surface area contributed by atoms with Crippen LogP contribution in [0.3, 0.4) is 0 Å². The van der Waals surface area contributed by atoms with Gasteiger partial charge in [-0.2, -0.15) is 0 Å². The molecule has 234 valence electrons. The topological polar surface area (TPSA) is 102 Å². The quantitative estimate of drug-likeness (QED) is 0.140. The number of amides is 1. The molecule has 8 rings (SSSR count). The van der Waals surface area contributed by atoms with E-state index in [1.165, 1.54) is 41.2 Å². The van der Waals surface area contributed by atoms with Crippen molar-refractivity contribution in [3.8, 4) is 33.6 Å². The van der Waals surface area contributed by atoms with E-state index in [2.05, 4.69) is 92.8 Å². The molecule has 3 fully saturated rings. The lowest BCUT2D eigenvalue weighted by Crippen LogP contribution is -2.38. The summed E-state index contributed by atoms with van der Waals surface area (Å²) < 4.78 is 0. The zero-order valence-electron chi connectivity index (χ0n) is 26.4. The molecular weight excluding hydrogens is 570 g/mol. The number of H-pyrrole nitrogens is 2. The minimum absolute atomic E-state index is 0.0190. The Bertz CT molecular complexity index is 1910. The number of likely N-dealkylation sites (tertiary alicyclic amines) is 1. The summed E-state index contributed by atoms with van der Waals surface area (Å²) in [4.78, 5) is 31.8. The Labute approximate surface area is 269 Å². The molecule has 4 N–H and O–H groups in total. The van der Waals surface area contributed by atoms with Crippen molar-refractivity contribution in [2.75, 3.05) is 19.6 Å². The van der Waals surface area contributed by atoms with Gasteiger partial charge in [-0.05, 0) is 90.1 Å². The van der Waals surface area contributed by atoms with Gasteiger partial charge in [-0.15, -0.1) is 0 Å². The summed E-state index contributed by atoms with van der Waals surface area (Å²) in [6.45, 7) is 8.19. The normalized spacial score (nSPS) is 20.1. The van der Waals surface area contributed by atoms with Crippen molar-refractivity contribution >= 4 is 16.7 Å². The molecule has 2 saturated heterocycles. The van der Waals surface area contributed by atoms with Gasteiger partial charge in [-0.25, -0.2) is 9.97 Å². The summed E-state index contributed by atoms with van der Waals surface area (Å²) in [7, 11) is 0. The van der Waals surface area contributed by atoms with Crippen LogP contribution in [0.15, 0.2) is 85.3 Å². The zero-order valence-corrected chi connectivity index (χ0v) is 26.4. The third-order valence-corrected chi connectivity index (χ3v) is 10.3. The van der Waals surface area contributed by atoms with Crippen LogP contribution in [0.1, 0.15) is 69.2 Å². The van der Waals surface area contributed by atoms with Crippen LogP contribution in [-0.2, 0) is 4.79 Å². The van der Waals surface area contributed by atoms with Crippen LogP contribution in [-0.4, -0.2) is 50.4 Å². The lowest BCUT2D eigenvalue weighted by atomic mass is 9.98. The van der Waals surface area contributed by atoms with Crippen molar-refractivity contribution in [2.45, 2.75) is 57.5 Å². The molecular formula is C38H41N7O. The first-order chi connectivity index (χ1) is 22.5. The first-order valence-corrected chi connectivity index (χ1v) is 16.7. The molecule has 8 nitrogen and oxygen atoms in total. The molecule has 46 heavy (non-hydrogen) atoms. The Kier molecular flexibility index (Phi) is 7.25. The summed E-state index contributed by atoms with van der Waals surface area (Å²) in [5.41, 5.74) is 7.79. The number of carbonyl (C=O) groups excluding carboxylic acids is 1. The number of benzene rings is 3. The van der Waals surface area contributed by atoms with E-state index in [1.807, 2.05) is 24.2 Å². The number of nitrogens with one attached hydrogen (secondary N) is 4. The summed E-state index contributed by atoms with van der Waals surface area (Å²) in [5, 5.41) is 9.07. The molecule has 1 aliphatic carbocycles. The molecule has 1 amide bonds. The maximum absolute atomic E-state index is 13.2. The van der Waals surface area contributed by atoms with Gasteiger partial charge in [0, 0.05) is 17.8 Å². The maximum Gasteiger partial charge on any atom is 0.242 e. The lowest BCUT2D eigenvalue weighted by molar-refractivity contribution is -0.131. The second-order valence-electron chi connectivity index (χ2n) is 13.4. The summed E-state index contributed by atoms with van der Waals surface area (Å²) in [6, 6.07) is 22.2. The largest absolute Gasteiger partial charge is 0.380 e. The minimum atomic E-state index is -0.0190. The fourth-order valence-corrected chi connectivity index (χ4v) is 7.19. The van der Waals surface area contributed by atoms with Crippen molar-refractivity contribution in [2.24, 2.45) is 5.41 Å². The van der Waals surface area contributed by atoms with E-state index in [0.717, 1.165) is 72.2 Å². The molecule has 0 radical (unpaired) electrons. The number of hydrogen-bond acceptors (Lipinski definition) is 5. The standard InChI is InChI=1S/C38H41N7O/c1-3-24(2)40-22-35(46)45-23-38(14-15-38)19-34(45)37-42-21-33(44-37)30-13-12-28-17-27(10-11-29(28)18-30)25-6-8-26(9-7-25)32-20-41-36(43-32)31-5-4-16-39-31/h6-13,17-18,20-21,31,34,39-40H,2-5,14-16,19,22-23H2,1H3,(H,41,43)(H,42,44). The summed E-state index contributed by atoms with van der Waals surface area (Å²) >= 11 is 0. The highest BCUT2D eigenvalue weighted by molar-refractivity contribution is 5.90. The smallest absolute Gasteiger partial charge is 0.242 e. The van der Waals surface area contributed by atoms with Crippen molar-refractivity contribution in [3.63, 3.8) is 0 Å². The molecule has 1 saturated carbocycles. The molecule has 0 bridgehead atoms. The SMILES string of the molecule is C=C(CC)NCC(=O)N1CC2(CC2)CC1c1ncc(-c2ccc3cc(-c4ccc(-c5cnc(C6CCCN6)[nH]5)cc4)ccc3c2)[nH]1. The number of nitrogens with zero attached hydrogens (tertiary/aromatic N) is 3. The first kappa shape index (κ1) is 28.8. The van der Waals surface area contributed by atoms with Gasteiger partial charge in [0.1, 0.15) is 11.6 Å². The Balaban J connectivity index is 0.981. The summed E-state index contributed by atoms with van der Waals surface area (Å²) in [6.07, 6.45) is 10.4. The van der Waals surface area contributed by atoms with Crippen LogP contribution in [0.4, 0.5) is 0 Å². The van der Waals surface area contributed by atoms with Gasteiger partial charge in [0.2, 0.25) is 5.91 Å². The lowest BCUT2D eigenvalue weighted by Gasteiger charge is -2.24. The van der Waals surface area contributed by atoms with Gasteiger partial charge in [-0.1, -0.05) is 62.0 Å². The second kappa shape index (κ2) is 11.6. The second-order valence-corrected chi connectivity index (χ2v) is 13.4. The van der Waals surface area contributed by atoms with E-state index in [-0.39, 0.29) is 23.9 Å². The highest BCUT2D eigenvalue weighted by Gasteiger charge is 2.54. The summed E-state index contributed by atoms with van der Waals surface area (Å²) in [5.74, 6) is 2.02. The fraction of sp³-hybridized carbons (Fsp3) is 0.342. The molecule has 2 unspecified atom stereocenters. The Morgan fingerprint density at radius 1 is 0.913 bits per heavy atom. The van der Waals surface area contributed by atoms with Crippen LogP contribution in [0, 0.1) is 5.41 Å². The number of hydrogen-bond donors (Lipinski definition) is 4. The molecule has 3 aromatic carbocycles. The van der Waals surface area contributed by atoms with Crippen LogP contribution in [0.5, 0.6) is 0 Å². The van der Waals surface area contributed by atoms with Gasteiger partial charge in [0.25, 0.3) is 0 Å².